The number of para-hydroxylation sites is 1. The Morgan fingerprint density at radius 1 is 1.11 bits per heavy atom. The first-order chi connectivity index (χ1) is 13.6. The van der Waals surface area contributed by atoms with Gasteiger partial charge in [-0.1, -0.05) is 18.2 Å². The Morgan fingerprint density at radius 3 is 2.86 bits per heavy atom. The lowest BCUT2D eigenvalue weighted by Gasteiger charge is -2.26. The SMILES string of the molecule is Nc1nc(-n2cnc3ccc(F)cc32)nc([C@@H]2CCOc3ccccc32)c1N. The van der Waals surface area contributed by atoms with E-state index in [0.29, 0.717) is 35.0 Å². The minimum Gasteiger partial charge on any atom is -0.493 e. The van der Waals surface area contributed by atoms with Crippen LogP contribution >= 0.6 is 0 Å². The molecule has 0 unspecified atom stereocenters. The standard InChI is InChI=1S/C20H17FN6O/c21-11-5-6-14-15(9-11)27(10-24-14)20-25-18(17(22)19(23)26-20)13-7-8-28-16-4-2-1-3-12(13)16/h1-6,9-10,13H,7-8,22H2,(H2,23,25,26)/t13-/m1/s1. The van der Waals surface area contributed by atoms with Gasteiger partial charge in [-0.2, -0.15) is 4.98 Å². The highest BCUT2D eigenvalue weighted by Gasteiger charge is 2.27. The molecule has 3 heterocycles. The lowest BCUT2D eigenvalue weighted by Crippen LogP contribution is -2.19. The average molecular weight is 376 g/mol. The molecular weight excluding hydrogens is 359 g/mol. The van der Waals surface area contributed by atoms with Crippen molar-refractivity contribution in [3.8, 4) is 11.7 Å². The number of nitrogens with two attached hydrogens (primary N) is 2. The van der Waals surface area contributed by atoms with Crippen LogP contribution in [0, 0.1) is 5.82 Å². The molecule has 0 saturated carbocycles. The summed E-state index contributed by atoms with van der Waals surface area (Å²) in [6, 6.07) is 12.2. The number of hydrogen-bond donors (Lipinski definition) is 2. The Hall–Kier alpha value is -3.68. The molecule has 1 atom stereocenters. The summed E-state index contributed by atoms with van der Waals surface area (Å²) in [6.45, 7) is 0.555. The highest BCUT2D eigenvalue weighted by Crippen LogP contribution is 2.40. The van der Waals surface area contributed by atoms with Gasteiger partial charge in [-0.25, -0.2) is 14.4 Å². The van der Waals surface area contributed by atoms with Crippen molar-refractivity contribution in [2.45, 2.75) is 12.3 Å². The summed E-state index contributed by atoms with van der Waals surface area (Å²) >= 11 is 0. The molecule has 0 saturated heterocycles. The Labute approximate surface area is 159 Å². The quantitative estimate of drug-likeness (QED) is 0.557. The van der Waals surface area contributed by atoms with Crippen LogP contribution in [0.15, 0.2) is 48.8 Å². The molecule has 0 aliphatic carbocycles. The monoisotopic (exact) mass is 376 g/mol. The molecule has 4 aromatic rings. The summed E-state index contributed by atoms with van der Waals surface area (Å²) < 4.78 is 21.1. The van der Waals surface area contributed by atoms with Crippen LogP contribution in [0.3, 0.4) is 0 Å². The van der Waals surface area contributed by atoms with Gasteiger partial charge >= 0.3 is 0 Å². The normalized spacial score (nSPS) is 16.0. The van der Waals surface area contributed by atoms with Crippen molar-refractivity contribution in [2.75, 3.05) is 18.1 Å². The first-order valence-corrected chi connectivity index (χ1v) is 8.89. The predicted octanol–water partition coefficient (Wildman–Crippen LogP) is 3.03. The van der Waals surface area contributed by atoms with Crippen LogP contribution in [0.1, 0.15) is 23.6 Å². The molecule has 0 fully saturated rings. The summed E-state index contributed by atoms with van der Waals surface area (Å²) in [5, 5.41) is 0. The Kier molecular flexibility index (Phi) is 3.65. The van der Waals surface area contributed by atoms with Gasteiger partial charge in [0.2, 0.25) is 5.95 Å². The molecule has 2 aromatic heterocycles. The third-order valence-electron chi connectivity index (χ3n) is 5.01. The number of benzene rings is 2. The molecule has 1 aliphatic rings. The molecule has 7 nitrogen and oxygen atoms in total. The van der Waals surface area contributed by atoms with Crippen LogP contribution < -0.4 is 16.2 Å². The average Bonchev–Trinajstić information content (AvgIpc) is 3.12. The fourth-order valence-electron chi connectivity index (χ4n) is 3.63. The number of fused-ring (bicyclic) bond motifs is 2. The molecule has 0 amide bonds. The van der Waals surface area contributed by atoms with Crippen molar-refractivity contribution in [3.63, 3.8) is 0 Å². The molecule has 0 radical (unpaired) electrons. The van der Waals surface area contributed by atoms with E-state index >= 15 is 0 Å². The van der Waals surface area contributed by atoms with Crippen LogP contribution in [-0.2, 0) is 0 Å². The van der Waals surface area contributed by atoms with Crippen LogP contribution in [0.4, 0.5) is 15.9 Å². The van der Waals surface area contributed by atoms with Crippen molar-refractivity contribution in [3.05, 3.63) is 65.9 Å². The Balaban J connectivity index is 1.69. The van der Waals surface area contributed by atoms with Crippen molar-refractivity contribution >= 4 is 22.5 Å². The highest BCUT2D eigenvalue weighted by atomic mass is 19.1. The van der Waals surface area contributed by atoms with Gasteiger partial charge in [0.25, 0.3) is 0 Å². The summed E-state index contributed by atoms with van der Waals surface area (Å²) in [4.78, 5) is 13.3. The van der Waals surface area contributed by atoms with E-state index in [1.807, 2.05) is 24.3 Å². The number of aromatic nitrogens is 4. The first kappa shape index (κ1) is 16.5. The Bertz CT molecular complexity index is 1200. The fraction of sp³-hybridized carbons (Fsp3) is 0.150. The maximum atomic E-state index is 13.7. The molecule has 140 valence electrons. The largest absolute Gasteiger partial charge is 0.493 e. The van der Waals surface area contributed by atoms with Gasteiger partial charge in [0, 0.05) is 17.5 Å². The number of anilines is 2. The third kappa shape index (κ3) is 2.53. The predicted molar refractivity (Wildman–Crippen MR) is 104 cm³/mol. The zero-order valence-corrected chi connectivity index (χ0v) is 14.8. The molecule has 2 aromatic carbocycles. The fourth-order valence-corrected chi connectivity index (χ4v) is 3.63. The van der Waals surface area contributed by atoms with Crippen LogP contribution in [0.25, 0.3) is 17.0 Å². The number of imidazole rings is 1. The van der Waals surface area contributed by atoms with E-state index in [-0.39, 0.29) is 17.6 Å². The molecular formula is C20H17FN6O. The second kappa shape index (κ2) is 6.19. The van der Waals surface area contributed by atoms with Gasteiger partial charge < -0.3 is 16.2 Å². The summed E-state index contributed by atoms with van der Waals surface area (Å²) in [7, 11) is 0. The summed E-state index contributed by atoms with van der Waals surface area (Å²) in [6.07, 6.45) is 2.27. The lowest BCUT2D eigenvalue weighted by atomic mass is 9.89. The number of rotatable bonds is 2. The minimum absolute atomic E-state index is 0.0690. The molecule has 8 heteroatoms. The minimum atomic E-state index is -0.365. The number of ether oxygens (including phenoxy) is 1. The first-order valence-electron chi connectivity index (χ1n) is 8.89. The topological polar surface area (TPSA) is 105 Å². The van der Waals surface area contributed by atoms with E-state index in [1.54, 1.807) is 17.0 Å². The van der Waals surface area contributed by atoms with Gasteiger partial charge in [-0.3, -0.25) is 4.57 Å². The maximum absolute atomic E-state index is 13.7. The summed E-state index contributed by atoms with van der Waals surface area (Å²) in [5.41, 5.74) is 15.6. The second-order valence-corrected chi connectivity index (χ2v) is 6.68. The van der Waals surface area contributed by atoms with Crippen LogP contribution in [0.5, 0.6) is 5.75 Å². The van der Waals surface area contributed by atoms with E-state index < -0.39 is 0 Å². The van der Waals surface area contributed by atoms with Crippen LogP contribution in [0.2, 0.25) is 0 Å². The van der Waals surface area contributed by atoms with Gasteiger partial charge in [-0.15, -0.1) is 0 Å². The molecule has 5 rings (SSSR count). The van der Waals surface area contributed by atoms with Crippen LogP contribution in [-0.4, -0.2) is 26.1 Å². The summed E-state index contributed by atoms with van der Waals surface area (Å²) in [5.74, 6) is 0.866. The van der Waals surface area contributed by atoms with Gasteiger partial charge in [-0.05, 0) is 24.6 Å². The smallest absolute Gasteiger partial charge is 0.237 e. The molecule has 1 aliphatic heterocycles. The number of nitrogen functional groups attached to an aromatic ring is 2. The second-order valence-electron chi connectivity index (χ2n) is 6.68. The third-order valence-corrected chi connectivity index (χ3v) is 5.01. The molecule has 0 bridgehead atoms. The number of halogens is 1. The Morgan fingerprint density at radius 2 is 1.96 bits per heavy atom. The molecule has 28 heavy (non-hydrogen) atoms. The van der Waals surface area contributed by atoms with Crippen molar-refractivity contribution in [1.82, 2.24) is 19.5 Å². The van der Waals surface area contributed by atoms with Gasteiger partial charge in [0.05, 0.1) is 29.0 Å². The number of nitrogens with zero attached hydrogens (tertiary/aromatic N) is 4. The lowest BCUT2D eigenvalue weighted by molar-refractivity contribution is 0.276. The zero-order chi connectivity index (χ0) is 19.3. The van der Waals surface area contributed by atoms with Gasteiger partial charge in [0.15, 0.2) is 5.82 Å². The van der Waals surface area contributed by atoms with Gasteiger partial charge in [0.1, 0.15) is 17.9 Å². The van der Waals surface area contributed by atoms with Crippen molar-refractivity contribution < 1.29 is 9.13 Å². The van der Waals surface area contributed by atoms with Crippen molar-refractivity contribution in [1.29, 1.82) is 0 Å². The molecule has 0 spiro atoms. The van der Waals surface area contributed by atoms with Crippen molar-refractivity contribution in [2.24, 2.45) is 0 Å². The van der Waals surface area contributed by atoms with E-state index in [4.69, 9.17) is 21.2 Å². The van der Waals surface area contributed by atoms with E-state index in [0.717, 1.165) is 17.7 Å². The number of hydrogen-bond acceptors (Lipinski definition) is 6. The van der Waals surface area contributed by atoms with E-state index in [1.165, 1.54) is 12.1 Å². The van der Waals surface area contributed by atoms with E-state index in [9.17, 15) is 4.39 Å². The van der Waals surface area contributed by atoms with E-state index in [2.05, 4.69) is 9.97 Å². The maximum Gasteiger partial charge on any atom is 0.237 e. The zero-order valence-electron chi connectivity index (χ0n) is 14.8. The molecule has 4 N–H and O–H groups in total. The highest BCUT2D eigenvalue weighted by molar-refractivity contribution is 5.77.